The van der Waals surface area contributed by atoms with Crippen LogP contribution in [0.2, 0.25) is 0 Å². The van der Waals surface area contributed by atoms with Gasteiger partial charge in [0.25, 0.3) is 5.91 Å². The molecule has 0 unspecified atom stereocenters. The minimum Gasteiger partial charge on any atom is -0.508 e. The molecule has 0 bridgehead atoms. The fourth-order valence-corrected chi connectivity index (χ4v) is 2.25. The van der Waals surface area contributed by atoms with Gasteiger partial charge in [0, 0.05) is 24.2 Å². The number of phenolic OH excluding ortho intramolecular Hbond substituents is 1. The van der Waals surface area contributed by atoms with Crippen LogP contribution in [0.1, 0.15) is 16.1 Å². The van der Waals surface area contributed by atoms with Crippen molar-refractivity contribution in [2.24, 2.45) is 0 Å². The fourth-order valence-electron chi connectivity index (χ4n) is 2.25. The number of nitrogens with zero attached hydrogens (tertiary/aromatic N) is 1. The number of phenols is 1. The van der Waals surface area contributed by atoms with Crippen molar-refractivity contribution in [1.82, 2.24) is 0 Å². The molecule has 4 nitrogen and oxygen atoms in total. The largest absolute Gasteiger partial charge is 0.508 e. The van der Waals surface area contributed by atoms with E-state index in [2.05, 4.69) is 0 Å². The van der Waals surface area contributed by atoms with Crippen LogP contribution in [0.4, 0.5) is 5.69 Å². The van der Waals surface area contributed by atoms with Crippen molar-refractivity contribution in [3.05, 3.63) is 59.9 Å². The van der Waals surface area contributed by atoms with Gasteiger partial charge < -0.3 is 14.4 Å². The van der Waals surface area contributed by atoms with Gasteiger partial charge in [-0.25, -0.2) is 0 Å². The van der Waals surface area contributed by atoms with E-state index in [0.717, 1.165) is 10.9 Å². The summed E-state index contributed by atoms with van der Waals surface area (Å²) in [6.07, 6.45) is 0. The maximum absolute atomic E-state index is 12.5. The molecule has 1 heterocycles. The van der Waals surface area contributed by atoms with Crippen LogP contribution in [0.15, 0.2) is 52.9 Å². The Labute approximate surface area is 122 Å². The fraction of sp³-hybridized carbons (Fsp3) is 0.118. The smallest absolute Gasteiger partial charge is 0.293 e. The van der Waals surface area contributed by atoms with E-state index in [9.17, 15) is 9.90 Å². The molecule has 1 amide bonds. The van der Waals surface area contributed by atoms with Gasteiger partial charge in [-0.15, -0.1) is 0 Å². The summed E-state index contributed by atoms with van der Waals surface area (Å²) < 4.78 is 5.60. The molecule has 0 saturated heterocycles. The van der Waals surface area contributed by atoms with Crippen LogP contribution in [0, 0.1) is 6.92 Å². The first kappa shape index (κ1) is 13.2. The van der Waals surface area contributed by atoms with E-state index in [0.29, 0.717) is 11.3 Å². The molecule has 106 valence electrons. The third-order valence-electron chi connectivity index (χ3n) is 3.40. The molecule has 0 fully saturated rings. The average molecular weight is 281 g/mol. The predicted molar refractivity (Wildman–Crippen MR) is 81.8 cm³/mol. The van der Waals surface area contributed by atoms with Crippen LogP contribution in [0.5, 0.6) is 5.75 Å². The van der Waals surface area contributed by atoms with E-state index in [1.807, 2.05) is 25.1 Å². The molecule has 0 spiro atoms. The summed E-state index contributed by atoms with van der Waals surface area (Å²) in [5.41, 5.74) is 2.41. The number of carbonyl (C=O) groups excluding carboxylic acids is 1. The molecule has 1 N–H and O–H groups in total. The van der Waals surface area contributed by atoms with Gasteiger partial charge in [-0.05, 0) is 37.3 Å². The van der Waals surface area contributed by atoms with Gasteiger partial charge in [0.05, 0.1) is 0 Å². The molecule has 0 saturated carbocycles. The van der Waals surface area contributed by atoms with Crippen LogP contribution in [-0.2, 0) is 0 Å². The summed E-state index contributed by atoms with van der Waals surface area (Å²) in [5.74, 6) is 0.142. The molecule has 21 heavy (non-hydrogen) atoms. The van der Waals surface area contributed by atoms with Gasteiger partial charge in [-0.1, -0.05) is 17.7 Å². The minimum absolute atomic E-state index is 0.118. The van der Waals surface area contributed by atoms with Gasteiger partial charge in [0.2, 0.25) is 0 Å². The molecule has 4 heteroatoms. The standard InChI is InChI=1S/C17H15NO3/c1-11-6-7-15-12(8-11)9-16(21-15)17(20)18(2)13-4-3-5-14(19)10-13/h3-10,19H,1-2H3. The van der Waals surface area contributed by atoms with Crippen molar-refractivity contribution >= 4 is 22.6 Å². The van der Waals surface area contributed by atoms with Crippen LogP contribution in [-0.4, -0.2) is 18.1 Å². The van der Waals surface area contributed by atoms with Gasteiger partial charge in [0.1, 0.15) is 11.3 Å². The number of aryl methyl sites for hydroxylation is 1. The molecule has 0 radical (unpaired) electrons. The molecule has 3 rings (SSSR count). The average Bonchev–Trinajstić information content (AvgIpc) is 2.88. The predicted octanol–water partition coefficient (Wildman–Crippen LogP) is 3.72. The second kappa shape index (κ2) is 4.98. The van der Waals surface area contributed by atoms with Crippen LogP contribution < -0.4 is 4.90 Å². The zero-order valence-corrected chi connectivity index (χ0v) is 11.8. The number of amides is 1. The third-order valence-corrected chi connectivity index (χ3v) is 3.40. The topological polar surface area (TPSA) is 53.7 Å². The van der Waals surface area contributed by atoms with E-state index in [4.69, 9.17) is 4.42 Å². The molecule has 2 aromatic carbocycles. The van der Waals surface area contributed by atoms with Crippen molar-refractivity contribution in [1.29, 1.82) is 0 Å². The summed E-state index contributed by atoms with van der Waals surface area (Å²) in [5, 5.41) is 10.4. The number of rotatable bonds is 2. The molecule has 0 atom stereocenters. The molecular weight excluding hydrogens is 266 g/mol. The number of hydrogen-bond donors (Lipinski definition) is 1. The number of hydrogen-bond acceptors (Lipinski definition) is 3. The molecule has 0 aliphatic heterocycles. The van der Waals surface area contributed by atoms with Crippen molar-refractivity contribution in [3.8, 4) is 5.75 Å². The highest BCUT2D eigenvalue weighted by Crippen LogP contribution is 2.24. The van der Waals surface area contributed by atoms with Crippen LogP contribution in [0.25, 0.3) is 11.0 Å². The highest BCUT2D eigenvalue weighted by atomic mass is 16.3. The number of anilines is 1. The van der Waals surface area contributed by atoms with Gasteiger partial charge in [-0.2, -0.15) is 0 Å². The van der Waals surface area contributed by atoms with Gasteiger partial charge in [-0.3, -0.25) is 4.79 Å². The Bertz CT molecular complexity index is 820. The van der Waals surface area contributed by atoms with E-state index in [-0.39, 0.29) is 17.4 Å². The molecule has 3 aromatic rings. The Morgan fingerprint density at radius 2 is 1.95 bits per heavy atom. The van der Waals surface area contributed by atoms with E-state index in [1.165, 1.54) is 11.0 Å². The number of fused-ring (bicyclic) bond motifs is 1. The minimum atomic E-state index is -0.255. The first-order valence-corrected chi connectivity index (χ1v) is 6.62. The zero-order chi connectivity index (χ0) is 15.0. The Morgan fingerprint density at radius 3 is 2.71 bits per heavy atom. The van der Waals surface area contributed by atoms with Crippen molar-refractivity contribution in [2.75, 3.05) is 11.9 Å². The summed E-state index contributed by atoms with van der Waals surface area (Å²) in [7, 11) is 1.65. The van der Waals surface area contributed by atoms with E-state index in [1.54, 1.807) is 31.3 Å². The maximum Gasteiger partial charge on any atom is 0.293 e. The molecule has 1 aromatic heterocycles. The van der Waals surface area contributed by atoms with Crippen molar-refractivity contribution in [3.63, 3.8) is 0 Å². The Morgan fingerprint density at radius 1 is 1.14 bits per heavy atom. The summed E-state index contributed by atoms with van der Waals surface area (Å²) in [6, 6.07) is 14.1. The Balaban J connectivity index is 1.96. The lowest BCUT2D eigenvalue weighted by molar-refractivity contribution is 0.0968. The van der Waals surface area contributed by atoms with Crippen molar-refractivity contribution in [2.45, 2.75) is 6.92 Å². The van der Waals surface area contributed by atoms with E-state index < -0.39 is 0 Å². The zero-order valence-electron chi connectivity index (χ0n) is 11.8. The lowest BCUT2D eigenvalue weighted by atomic mass is 10.2. The maximum atomic E-state index is 12.5. The van der Waals surface area contributed by atoms with Gasteiger partial charge >= 0.3 is 0 Å². The Kier molecular flexibility index (Phi) is 3.14. The van der Waals surface area contributed by atoms with Crippen LogP contribution in [0.3, 0.4) is 0 Å². The SMILES string of the molecule is Cc1ccc2oc(C(=O)N(C)c3cccc(O)c3)cc2c1. The quantitative estimate of drug-likeness (QED) is 0.778. The van der Waals surface area contributed by atoms with E-state index >= 15 is 0 Å². The van der Waals surface area contributed by atoms with Crippen molar-refractivity contribution < 1.29 is 14.3 Å². The molecular formula is C17H15NO3. The first-order valence-electron chi connectivity index (χ1n) is 6.62. The third kappa shape index (κ3) is 2.48. The highest BCUT2D eigenvalue weighted by Gasteiger charge is 2.18. The summed E-state index contributed by atoms with van der Waals surface area (Å²) in [6.45, 7) is 1.99. The first-order chi connectivity index (χ1) is 10.0. The number of benzene rings is 2. The molecule has 0 aliphatic rings. The monoisotopic (exact) mass is 281 g/mol. The highest BCUT2D eigenvalue weighted by molar-refractivity contribution is 6.06. The number of carbonyl (C=O) groups is 1. The summed E-state index contributed by atoms with van der Waals surface area (Å²) >= 11 is 0. The van der Waals surface area contributed by atoms with Crippen LogP contribution >= 0.6 is 0 Å². The second-order valence-corrected chi connectivity index (χ2v) is 5.04. The van der Waals surface area contributed by atoms with Gasteiger partial charge in [0.15, 0.2) is 5.76 Å². The number of furan rings is 1. The summed E-state index contributed by atoms with van der Waals surface area (Å²) in [4.78, 5) is 13.9. The molecule has 0 aliphatic carbocycles. The lowest BCUT2D eigenvalue weighted by Crippen LogP contribution is -2.25. The Hall–Kier alpha value is -2.75. The normalized spacial score (nSPS) is 10.8. The second-order valence-electron chi connectivity index (χ2n) is 5.04. The number of aromatic hydroxyl groups is 1. The lowest BCUT2D eigenvalue weighted by Gasteiger charge is -2.15.